The molecule has 332 valence electrons. The van der Waals surface area contributed by atoms with Crippen molar-refractivity contribution in [2.75, 3.05) is 13.2 Å². The lowest BCUT2D eigenvalue weighted by molar-refractivity contribution is -0.167. The van der Waals surface area contributed by atoms with Gasteiger partial charge in [-0.1, -0.05) is 240 Å². The van der Waals surface area contributed by atoms with E-state index in [1.54, 1.807) is 0 Å². The van der Waals surface area contributed by atoms with Gasteiger partial charge in [-0.2, -0.15) is 0 Å². The van der Waals surface area contributed by atoms with Crippen molar-refractivity contribution in [1.82, 2.24) is 0 Å². The third-order valence-electron chi connectivity index (χ3n) is 11.3. The lowest BCUT2D eigenvalue weighted by Crippen LogP contribution is -2.30. The van der Waals surface area contributed by atoms with Crippen LogP contribution in [0.1, 0.15) is 278 Å². The average Bonchev–Trinajstić information content (AvgIpc) is 3.18. The van der Waals surface area contributed by atoms with Gasteiger partial charge in [0.1, 0.15) is 13.2 Å². The number of hydrogen-bond donors (Lipinski definition) is 0. The molecular formula is C50H96O6. The molecule has 0 aromatic heterocycles. The van der Waals surface area contributed by atoms with E-state index in [0.717, 1.165) is 63.7 Å². The first-order valence-corrected chi connectivity index (χ1v) is 24.9. The molecule has 0 aliphatic rings. The first kappa shape index (κ1) is 54.4. The quantitative estimate of drug-likeness (QED) is 0.0347. The highest BCUT2D eigenvalue weighted by atomic mass is 16.6. The molecule has 0 bridgehead atoms. The summed E-state index contributed by atoms with van der Waals surface area (Å²) in [7, 11) is 0. The van der Waals surface area contributed by atoms with Crippen LogP contribution < -0.4 is 0 Å². The highest BCUT2D eigenvalue weighted by Crippen LogP contribution is 2.17. The van der Waals surface area contributed by atoms with Crippen LogP contribution >= 0.6 is 0 Å². The Balaban J connectivity index is 4.28. The zero-order valence-electron chi connectivity index (χ0n) is 38.1. The van der Waals surface area contributed by atoms with Gasteiger partial charge in [-0.05, 0) is 25.2 Å². The van der Waals surface area contributed by atoms with Gasteiger partial charge in [-0.15, -0.1) is 0 Å². The molecule has 56 heavy (non-hydrogen) atoms. The predicted octanol–water partition coefficient (Wildman–Crippen LogP) is 15.9. The van der Waals surface area contributed by atoms with Crippen molar-refractivity contribution in [3.8, 4) is 0 Å². The molecule has 0 heterocycles. The second-order valence-electron chi connectivity index (χ2n) is 17.6. The van der Waals surface area contributed by atoms with E-state index in [1.165, 1.54) is 173 Å². The summed E-state index contributed by atoms with van der Waals surface area (Å²) in [6, 6.07) is 0. The summed E-state index contributed by atoms with van der Waals surface area (Å²) in [6.45, 7) is 8.95. The number of carbonyl (C=O) groups is 3. The second kappa shape index (κ2) is 44.5. The van der Waals surface area contributed by atoms with Crippen molar-refractivity contribution in [3.05, 3.63) is 0 Å². The number of ether oxygens (including phenoxy) is 3. The van der Waals surface area contributed by atoms with Crippen LogP contribution in [-0.4, -0.2) is 37.2 Å². The normalized spacial score (nSPS) is 11.9. The fourth-order valence-corrected chi connectivity index (χ4v) is 7.51. The van der Waals surface area contributed by atoms with Gasteiger partial charge in [-0.25, -0.2) is 0 Å². The minimum Gasteiger partial charge on any atom is -0.462 e. The van der Waals surface area contributed by atoms with Crippen LogP contribution in [-0.2, 0) is 28.6 Å². The predicted molar refractivity (Wildman–Crippen MR) is 238 cm³/mol. The Morgan fingerprint density at radius 2 is 0.589 bits per heavy atom. The summed E-state index contributed by atoms with van der Waals surface area (Å²) in [5.74, 6) is -0.0884. The standard InChI is InChI=1S/C50H96O6/c1-5-7-9-11-13-15-17-19-21-23-24-26-28-33-37-41-48(51)54-44-47(45-55-49(52)42-38-34-31-30-32-36-40-46(3)4)56-50(53)43-39-35-29-27-25-22-20-18-16-14-12-10-8-6-2/h46-47H,5-45H2,1-4H3/t47-/m0/s1. The van der Waals surface area contributed by atoms with Gasteiger partial charge in [0.05, 0.1) is 0 Å². The van der Waals surface area contributed by atoms with Crippen molar-refractivity contribution < 1.29 is 28.6 Å². The number of esters is 3. The topological polar surface area (TPSA) is 78.9 Å². The van der Waals surface area contributed by atoms with E-state index in [9.17, 15) is 14.4 Å². The van der Waals surface area contributed by atoms with Crippen molar-refractivity contribution in [1.29, 1.82) is 0 Å². The molecular weight excluding hydrogens is 697 g/mol. The monoisotopic (exact) mass is 793 g/mol. The molecule has 0 saturated carbocycles. The first-order valence-electron chi connectivity index (χ1n) is 24.9. The van der Waals surface area contributed by atoms with Crippen LogP contribution in [0.5, 0.6) is 0 Å². The Hall–Kier alpha value is -1.59. The Labute approximate surface area is 348 Å². The van der Waals surface area contributed by atoms with E-state index in [4.69, 9.17) is 14.2 Å². The molecule has 0 spiro atoms. The maximum absolute atomic E-state index is 12.7. The van der Waals surface area contributed by atoms with E-state index < -0.39 is 6.10 Å². The maximum Gasteiger partial charge on any atom is 0.306 e. The summed E-state index contributed by atoms with van der Waals surface area (Å²) in [6.07, 6.45) is 45.3. The molecule has 0 N–H and O–H groups in total. The van der Waals surface area contributed by atoms with Crippen molar-refractivity contribution >= 4 is 17.9 Å². The van der Waals surface area contributed by atoms with E-state index in [2.05, 4.69) is 27.7 Å². The molecule has 6 heteroatoms. The number of unbranched alkanes of at least 4 members (excludes halogenated alkanes) is 32. The Bertz CT molecular complexity index is 841. The van der Waals surface area contributed by atoms with E-state index in [0.29, 0.717) is 19.3 Å². The number of carbonyl (C=O) groups excluding carboxylic acids is 3. The van der Waals surface area contributed by atoms with Crippen LogP contribution in [0.15, 0.2) is 0 Å². The molecule has 0 fully saturated rings. The smallest absolute Gasteiger partial charge is 0.306 e. The molecule has 0 saturated heterocycles. The molecule has 1 atom stereocenters. The van der Waals surface area contributed by atoms with Crippen molar-refractivity contribution in [2.24, 2.45) is 5.92 Å². The maximum atomic E-state index is 12.7. The average molecular weight is 793 g/mol. The second-order valence-corrected chi connectivity index (χ2v) is 17.6. The Morgan fingerprint density at radius 1 is 0.339 bits per heavy atom. The van der Waals surface area contributed by atoms with Crippen LogP contribution in [0, 0.1) is 5.92 Å². The fourth-order valence-electron chi connectivity index (χ4n) is 7.51. The van der Waals surface area contributed by atoms with Crippen molar-refractivity contribution in [2.45, 2.75) is 284 Å². The molecule has 0 aromatic rings. The highest BCUT2D eigenvalue weighted by Gasteiger charge is 2.19. The molecule has 0 rings (SSSR count). The van der Waals surface area contributed by atoms with Gasteiger partial charge in [0.2, 0.25) is 0 Å². The third-order valence-corrected chi connectivity index (χ3v) is 11.3. The zero-order valence-corrected chi connectivity index (χ0v) is 38.1. The molecule has 0 unspecified atom stereocenters. The summed E-state index contributed by atoms with van der Waals surface area (Å²) in [5.41, 5.74) is 0. The van der Waals surface area contributed by atoms with Crippen LogP contribution in [0.2, 0.25) is 0 Å². The van der Waals surface area contributed by atoms with Gasteiger partial charge >= 0.3 is 17.9 Å². The minimum absolute atomic E-state index is 0.0638. The molecule has 0 aliphatic carbocycles. The molecule has 0 radical (unpaired) electrons. The van der Waals surface area contributed by atoms with Gasteiger partial charge in [0.15, 0.2) is 6.10 Å². The van der Waals surface area contributed by atoms with Gasteiger partial charge in [0, 0.05) is 19.3 Å². The summed E-state index contributed by atoms with van der Waals surface area (Å²) >= 11 is 0. The van der Waals surface area contributed by atoms with Gasteiger partial charge in [0.25, 0.3) is 0 Å². The summed E-state index contributed by atoms with van der Waals surface area (Å²) in [4.78, 5) is 37.8. The van der Waals surface area contributed by atoms with Crippen LogP contribution in [0.4, 0.5) is 0 Å². The Morgan fingerprint density at radius 3 is 0.875 bits per heavy atom. The first-order chi connectivity index (χ1) is 27.4. The van der Waals surface area contributed by atoms with Gasteiger partial charge in [-0.3, -0.25) is 14.4 Å². The fraction of sp³-hybridized carbons (Fsp3) is 0.940. The molecule has 0 amide bonds. The van der Waals surface area contributed by atoms with E-state index >= 15 is 0 Å². The highest BCUT2D eigenvalue weighted by molar-refractivity contribution is 5.71. The van der Waals surface area contributed by atoms with Crippen LogP contribution in [0.25, 0.3) is 0 Å². The molecule has 0 aliphatic heterocycles. The summed E-state index contributed by atoms with van der Waals surface area (Å²) < 4.78 is 16.8. The van der Waals surface area contributed by atoms with E-state index in [1.807, 2.05) is 0 Å². The van der Waals surface area contributed by atoms with Crippen LogP contribution in [0.3, 0.4) is 0 Å². The SMILES string of the molecule is CCCCCCCCCCCCCCCCCC(=O)OC[C@@H](COC(=O)CCCCCCCCC(C)C)OC(=O)CCCCCCCCCCCCCCCC. The molecule has 0 aromatic carbocycles. The Kier molecular flexibility index (Phi) is 43.2. The zero-order chi connectivity index (χ0) is 41.0. The minimum atomic E-state index is -0.760. The van der Waals surface area contributed by atoms with E-state index in [-0.39, 0.29) is 31.1 Å². The largest absolute Gasteiger partial charge is 0.462 e. The number of rotatable bonds is 45. The molecule has 6 nitrogen and oxygen atoms in total. The van der Waals surface area contributed by atoms with Crippen molar-refractivity contribution in [3.63, 3.8) is 0 Å². The van der Waals surface area contributed by atoms with Gasteiger partial charge < -0.3 is 14.2 Å². The third kappa shape index (κ3) is 43.5. The lowest BCUT2D eigenvalue weighted by Gasteiger charge is -2.18. The summed E-state index contributed by atoms with van der Waals surface area (Å²) in [5, 5.41) is 0. The lowest BCUT2D eigenvalue weighted by atomic mass is 10.0. The number of hydrogen-bond acceptors (Lipinski definition) is 6.